The number of hydrogen-bond donors (Lipinski definition) is 0. The number of likely N-dealkylation sites (N-methyl/N-ethyl adjacent to an activating group) is 2. The maximum Gasteiger partial charge on any atom is 0.272 e. The minimum Gasteiger partial charge on any atom is -0.493 e. The third-order valence-corrected chi connectivity index (χ3v) is 8.05. The Labute approximate surface area is 259 Å². The lowest BCUT2D eigenvalue weighted by molar-refractivity contribution is -0.134. The quantitative estimate of drug-likeness (QED) is 0.399. The Balaban J connectivity index is 1.60. The van der Waals surface area contributed by atoms with Crippen LogP contribution in [0.1, 0.15) is 72.0 Å². The van der Waals surface area contributed by atoms with Crippen molar-refractivity contribution in [3.8, 4) is 5.75 Å². The van der Waals surface area contributed by atoms with E-state index in [2.05, 4.69) is 5.10 Å². The third-order valence-electron chi connectivity index (χ3n) is 7.81. The molecule has 9 nitrogen and oxygen atoms in total. The monoisotopic (exact) mass is 607 g/mol. The molecule has 43 heavy (non-hydrogen) atoms. The van der Waals surface area contributed by atoms with Crippen molar-refractivity contribution in [3.05, 3.63) is 82.6 Å². The van der Waals surface area contributed by atoms with Gasteiger partial charge in [0.1, 0.15) is 17.5 Å². The number of nitrogens with zero attached hydrogens (tertiary/aromatic N) is 5. The maximum absolute atomic E-state index is 13.9. The zero-order chi connectivity index (χ0) is 30.9. The van der Waals surface area contributed by atoms with Crippen molar-refractivity contribution in [2.45, 2.75) is 58.0 Å². The fraction of sp³-hybridized carbons (Fsp3) is 0.455. The van der Waals surface area contributed by atoms with Crippen molar-refractivity contribution in [2.75, 3.05) is 40.3 Å². The van der Waals surface area contributed by atoms with Crippen molar-refractivity contribution in [2.24, 2.45) is 0 Å². The molecule has 0 spiro atoms. The third kappa shape index (κ3) is 8.16. The molecule has 0 saturated carbocycles. The standard InChI is InChI=1S/C33H42ClN5O4/c1-24(2)39-28(16-17-35-39)33(42)38-19-9-8-18-36(3)32(41)29(22-25-12-6-5-7-13-25)37(4)31(40)27-23-26(34)14-15-30(27)43-21-11-10-20-38/h5-7,12-17,23-24,29H,8-11,18-22H2,1-4H3/t29-/m0/s1. The summed E-state index contributed by atoms with van der Waals surface area (Å²) in [4.78, 5) is 46.4. The van der Waals surface area contributed by atoms with Crippen molar-refractivity contribution in [1.82, 2.24) is 24.5 Å². The molecule has 1 atom stereocenters. The molecule has 0 fully saturated rings. The summed E-state index contributed by atoms with van der Waals surface area (Å²) in [7, 11) is 3.43. The van der Waals surface area contributed by atoms with Gasteiger partial charge < -0.3 is 19.4 Å². The van der Waals surface area contributed by atoms with E-state index in [9.17, 15) is 14.4 Å². The molecule has 0 bridgehead atoms. The van der Waals surface area contributed by atoms with Gasteiger partial charge in [-0.15, -0.1) is 0 Å². The molecule has 0 unspecified atom stereocenters. The number of fused-ring (bicyclic) bond motifs is 1. The number of aromatic nitrogens is 2. The Morgan fingerprint density at radius 3 is 2.40 bits per heavy atom. The van der Waals surface area contributed by atoms with Crippen molar-refractivity contribution < 1.29 is 19.1 Å². The zero-order valence-electron chi connectivity index (χ0n) is 25.5. The van der Waals surface area contributed by atoms with E-state index >= 15 is 0 Å². The zero-order valence-corrected chi connectivity index (χ0v) is 26.3. The second-order valence-corrected chi connectivity index (χ2v) is 11.8. The smallest absolute Gasteiger partial charge is 0.272 e. The number of halogens is 1. The predicted octanol–water partition coefficient (Wildman–Crippen LogP) is 5.35. The summed E-state index contributed by atoms with van der Waals surface area (Å²) in [6.45, 7) is 6.01. The van der Waals surface area contributed by atoms with Crippen LogP contribution in [0.5, 0.6) is 5.75 Å². The predicted molar refractivity (Wildman–Crippen MR) is 168 cm³/mol. The van der Waals surface area contributed by atoms with Gasteiger partial charge in [0, 0.05) is 57.4 Å². The molecule has 1 aliphatic rings. The average molecular weight is 608 g/mol. The molecule has 0 radical (unpaired) electrons. The lowest BCUT2D eigenvalue weighted by atomic mass is 10.0. The summed E-state index contributed by atoms with van der Waals surface area (Å²) < 4.78 is 7.84. The minimum absolute atomic E-state index is 0.0513. The van der Waals surface area contributed by atoms with Crippen LogP contribution in [0.25, 0.3) is 0 Å². The summed E-state index contributed by atoms with van der Waals surface area (Å²) in [5.74, 6) is -0.117. The van der Waals surface area contributed by atoms with Crippen molar-refractivity contribution in [1.29, 1.82) is 0 Å². The molecule has 10 heteroatoms. The maximum atomic E-state index is 13.9. The van der Waals surface area contributed by atoms with E-state index in [0.29, 0.717) is 67.5 Å². The highest BCUT2D eigenvalue weighted by Crippen LogP contribution is 2.26. The first-order valence-electron chi connectivity index (χ1n) is 15.0. The van der Waals surface area contributed by atoms with Gasteiger partial charge in [-0.25, -0.2) is 0 Å². The number of carbonyl (C=O) groups is 3. The van der Waals surface area contributed by atoms with Gasteiger partial charge in [0.2, 0.25) is 5.91 Å². The number of amides is 3. The number of carbonyl (C=O) groups excluding carboxylic acids is 3. The SMILES string of the molecule is CC(C)n1nccc1C(=O)N1CCCCOc2ccc(Cl)cc2C(=O)N(C)[C@@H](Cc2ccccc2)C(=O)N(C)CCCC1. The van der Waals surface area contributed by atoms with Gasteiger partial charge in [-0.3, -0.25) is 19.1 Å². The summed E-state index contributed by atoms with van der Waals surface area (Å²) in [6.07, 6.45) is 4.90. The van der Waals surface area contributed by atoms with Gasteiger partial charge in [-0.1, -0.05) is 41.9 Å². The van der Waals surface area contributed by atoms with Crippen LogP contribution in [0.3, 0.4) is 0 Å². The van der Waals surface area contributed by atoms with E-state index in [1.165, 1.54) is 4.90 Å². The molecular formula is C33H42ClN5O4. The van der Waals surface area contributed by atoms with Crippen LogP contribution < -0.4 is 4.74 Å². The fourth-order valence-corrected chi connectivity index (χ4v) is 5.50. The number of hydrogen-bond acceptors (Lipinski definition) is 5. The Morgan fingerprint density at radius 1 is 0.977 bits per heavy atom. The molecule has 0 N–H and O–H groups in total. The molecule has 1 aliphatic heterocycles. The molecule has 3 amide bonds. The fourth-order valence-electron chi connectivity index (χ4n) is 5.33. The summed E-state index contributed by atoms with van der Waals surface area (Å²) in [6, 6.07) is 15.8. The molecule has 0 saturated heterocycles. The molecule has 4 rings (SSSR count). The van der Waals surface area contributed by atoms with Gasteiger partial charge in [-0.05, 0) is 69.4 Å². The van der Waals surface area contributed by atoms with E-state index in [4.69, 9.17) is 16.3 Å². The summed E-state index contributed by atoms with van der Waals surface area (Å²) in [5, 5.41) is 4.75. The van der Waals surface area contributed by atoms with Crippen molar-refractivity contribution >= 4 is 29.3 Å². The lowest BCUT2D eigenvalue weighted by Gasteiger charge is -2.31. The van der Waals surface area contributed by atoms with Crippen LogP contribution in [0.15, 0.2) is 60.8 Å². The van der Waals surface area contributed by atoms with Gasteiger partial charge in [0.25, 0.3) is 11.8 Å². The number of benzene rings is 2. The molecular weight excluding hydrogens is 566 g/mol. The van der Waals surface area contributed by atoms with Crippen LogP contribution in [0, 0.1) is 0 Å². The van der Waals surface area contributed by atoms with Gasteiger partial charge in [0.05, 0.1) is 12.2 Å². The molecule has 230 valence electrons. The summed E-state index contributed by atoms with van der Waals surface area (Å²) in [5.41, 5.74) is 1.84. The molecule has 2 aromatic carbocycles. The van der Waals surface area contributed by atoms with E-state index in [-0.39, 0.29) is 23.8 Å². The van der Waals surface area contributed by atoms with Crippen LogP contribution in [0.4, 0.5) is 0 Å². The van der Waals surface area contributed by atoms with E-state index in [0.717, 1.165) is 18.4 Å². The van der Waals surface area contributed by atoms with Gasteiger partial charge in [0.15, 0.2) is 0 Å². The van der Waals surface area contributed by atoms with Crippen LogP contribution in [-0.2, 0) is 11.2 Å². The highest BCUT2D eigenvalue weighted by atomic mass is 35.5. The Kier molecular flexibility index (Phi) is 11.2. The highest BCUT2D eigenvalue weighted by molar-refractivity contribution is 6.31. The largest absolute Gasteiger partial charge is 0.493 e. The minimum atomic E-state index is -0.725. The number of ether oxygens (including phenoxy) is 1. The summed E-state index contributed by atoms with van der Waals surface area (Å²) >= 11 is 6.31. The van der Waals surface area contributed by atoms with Gasteiger partial charge in [-0.2, -0.15) is 5.10 Å². The van der Waals surface area contributed by atoms with Crippen molar-refractivity contribution in [3.63, 3.8) is 0 Å². The van der Waals surface area contributed by atoms with E-state index < -0.39 is 6.04 Å². The second-order valence-electron chi connectivity index (χ2n) is 11.3. The average Bonchev–Trinajstić information content (AvgIpc) is 3.50. The first-order valence-corrected chi connectivity index (χ1v) is 15.4. The molecule has 1 aromatic heterocycles. The first kappa shape index (κ1) is 32.1. The molecule has 2 heterocycles. The highest BCUT2D eigenvalue weighted by Gasteiger charge is 2.31. The first-order chi connectivity index (χ1) is 20.7. The van der Waals surface area contributed by atoms with E-state index in [1.807, 2.05) is 49.1 Å². The Morgan fingerprint density at radius 2 is 1.67 bits per heavy atom. The van der Waals surface area contributed by atoms with E-state index in [1.54, 1.807) is 54.1 Å². The lowest BCUT2D eigenvalue weighted by Crippen LogP contribution is -2.49. The Bertz CT molecular complexity index is 1390. The Hall–Kier alpha value is -3.85. The van der Waals surface area contributed by atoms with Crippen LogP contribution in [-0.4, -0.2) is 88.6 Å². The number of rotatable bonds is 4. The molecule has 0 aliphatic carbocycles. The van der Waals surface area contributed by atoms with Gasteiger partial charge >= 0.3 is 0 Å². The molecule has 3 aromatic rings. The second kappa shape index (κ2) is 15.0. The topological polar surface area (TPSA) is 88.0 Å². The van der Waals surface area contributed by atoms with Crippen LogP contribution in [0.2, 0.25) is 5.02 Å². The van der Waals surface area contributed by atoms with Crippen LogP contribution >= 0.6 is 11.6 Å². The normalized spacial score (nSPS) is 17.9.